The summed E-state index contributed by atoms with van der Waals surface area (Å²) in [5.74, 6) is -1.27. The Morgan fingerprint density at radius 2 is 1.65 bits per heavy atom. The molecule has 1 unspecified atom stereocenters. The quantitative estimate of drug-likeness (QED) is 0.480. The Morgan fingerprint density at radius 3 is 2.42 bits per heavy atom. The topological polar surface area (TPSA) is 73.2 Å². The van der Waals surface area contributed by atoms with Gasteiger partial charge in [0.25, 0.3) is 0 Å². The summed E-state index contributed by atoms with van der Waals surface area (Å²) in [5.41, 5.74) is 3.68. The number of carbonyl (C=O) groups is 1. The Labute approximate surface area is 207 Å². The molecular weight excluding hydrogens is 421 g/mol. The maximum atomic E-state index is 11.1. The number of rotatable bonds is 5. The summed E-state index contributed by atoms with van der Waals surface area (Å²) in [6, 6.07) is 23.0. The molecule has 148 valence electrons. The van der Waals surface area contributed by atoms with Crippen molar-refractivity contribution in [2.75, 3.05) is 0 Å². The number of aliphatic hydroxyl groups excluding tert-OH is 1. The molecule has 31 heavy (non-hydrogen) atoms. The van der Waals surface area contributed by atoms with Gasteiger partial charge in [0.2, 0.25) is 0 Å². The van der Waals surface area contributed by atoms with Crippen LogP contribution < -0.4 is 34.7 Å². The molecule has 0 fully saturated rings. The SMILES string of the molecule is O=C([O-])c1cccc(C(O)c2cccc(/C=C/c3ccc4ccc(Cl)cc4n3)c2)c1.[Na+]. The Bertz CT molecular complexity index is 1270. The van der Waals surface area contributed by atoms with Gasteiger partial charge in [-0.2, -0.15) is 0 Å². The van der Waals surface area contributed by atoms with Gasteiger partial charge in [-0.25, -0.2) is 4.98 Å². The standard InChI is InChI=1S/C25H18ClNO3.Na/c26-21-10-8-17-9-12-22(27-23(17)15-21)11-7-16-3-1-4-18(13-16)24(28)19-5-2-6-20(14-19)25(29)30;/h1-15,24,28H,(H,29,30);/q;+1/p-1/b11-7+;. The van der Waals surface area contributed by atoms with Crippen molar-refractivity contribution in [2.45, 2.75) is 6.10 Å². The van der Waals surface area contributed by atoms with Crippen LogP contribution >= 0.6 is 11.6 Å². The zero-order chi connectivity index (χ0) is 21.1. The van der Waals surface area contributed by atoms with Crippen LogP contribution in [-0.4, -0.2) is 16.1 Å². The monoisotopic (exact) mass is 437 g/mol. The van der Waals surface area contributed by atoms with Crippen LogP contribution in [0.1, 0.15) is 38.8 Å². The summed E-state index contributed by atoms with van der Waals surface area (Å²) in [5, 5.41) is 23.4. The van der Waals surface area contributed by atoms with Crippen molar-refractivity contribution in [2.24, 2.45) is 0 Å². The van der Waals surface area contributed by atoms with Crippen LogP contribution in [0.3, 0.4) is 0 Å². The molecule has 0 aliphatic rings. The third-order valence-electron chi connectivity index (χ3n) is 4.79. The number of carboxylic acid groups (broad SMARTS) is 1. The van der Waals surface area contributed by atoms with E-state index in [-0.39, 0.29) is 35.1 Å². The van der Waals surface area contributed by atoms with Crippen molar-refractivity contribution in [3.05, 3.63) is 112 Å². The minimum absolute atomic E-state index is 0. The van der Waals surface area contributed by atoms with Gasteiger partial charge in [0.1, 0.15) is 6.10 Å². The molecule has 0 spiro atoms. The number of aromatic nitrogens is 1. The van der Waals surface area contributed by atoms with Crippen molar-refractivity contribution in [3.63, 3.8) is 0 Å². The maximum absolute atomic E-state index is 11.1. The van der Waals surface area contributed by atoms with Crippen LogP contribution in [0.5, 0.6) is 0 Å². The summed E-state index contributed by atoms with van der Waals surface area (Å²) in [6.45, 7) is 0. The molecule has 1 N–H and O–H groups in total. The molecule has 1 aromatic heterocycles. The number of pyridine rings is 1. The summed E-state index contributed by atoms with van der Waals surface area (Å²) in [7, 11) is 0. The fourth-order valence-electron chi connectivity index (χ4n) is 3.24. The van der Waals surface area contributed by atoms with E-state index in [0.29, 0.717) is 16.1 Å². The summed E-state index contributed by atoms with van der Waals surface area (Å²) in [6.07, 6.45) is 2.85. The number of fused-ring (bicyclic) bond motifs is 1. The second-order valence-electron chi connectivity index (χ2n) is 6.89. The average Bonchev–Trinajstić information content (AvgIpc) is 2.77. The van der Waals surface area contributed by atoms with Gasteiger partial charge in [-0.05, 0) is 58.7 Å². The fraction of sp³-hybridized carbons (Fsp3) is 0.0400. The molecule has 0 bridgehead atoms. The van der Waals surface area contributed by atoms with E-state index < -0.39 is 12.1 Å². The van der Waals surface area contributed by atoms with Crippen molar-refractivity contribution in [3.8, 4) is 0 Å². The van der Waals surface area contributed by atoms with Gasteiger partial charge >= 0.3 is 29.6 Å². The van der Waals surface area contributed by atoms with E-state index >= 15 is 0 Å². The van der Waals surface area contributed by atoms with Crippen LogP contribution in [0.15, 0.2) is 78.9 Å². The Balaban J connectivity index is 0.00000272. The number of aromatic carboxylic acids is 1. The van der Waals surface area contributed by atoms with Crippen LogP contribution in [0.4, 0.5) is 0 Å². The van der Waals surface area contributed by atoms with Crippen molar-refractivity contribution in [1.29, 1.82) is 0 Å². The second-order valence-corrected chi connectivity index (χ2v) is 7.33. The van der Waals surface area contributed by atoms with Crippen LogP contribution in [0.25, 0.3) is 23.1 Å². The van der Waals surface area contributed by atoms with Gasteiger partial charge in [-0.15, -0.1) is 0 Å². The summed E-state index contributed by atoms with van der Waals surface area (Å²) < 4.78 is 0. The zero-order valence-corrected chi connectivity index (χ0v) is 19.6. The predicted molar refractivity (Wildman–Crippen MR) is 117 cm³/mol. The molecule has 4 rings (SSSR count). The van der Waals surface area contributed by atoms with Crippen molar-refractivity contribution < 1.29 is 44.6 Å². The normalized spacial score (nSPS) is 11.9. The zero-order valence-electron chi connectivity index (χ0n) is 16.8. The molecule has 0 aliphatic carbocycles. The predicted octanol–water partition coefficient (Wildman–Crippen LogP) is 1.51. The van der Waals surface area contributed by atoms with E-state index in [1.54, 1.807) is 18.2 Å². The van der Waals surface area contributed by atoms with Gasteiger partial charge < -0.3 is 15.0 Å². The van der Waals surface area contributed by atoms with Crippen LogP contribution in [0.2, 0.25) is 5.02 Å². The molecule has 0 saturated carbocycles. The van der Waals surface area contributed by atoms with Crippen LogP contribution in [0, 0.1) is 0 Å². The molecular formula is C25H17ClNNaO3. The van der Waals surface area contributed by atoms with E-state index in [1.807, 2.05) is 60.7 Å². The first-order valence-electron chi connectivity index (χ1n) is 9.33. The van der Waals surface area contributed by atoms with E-state index in [0.717, 1.165) is 22.2 Å². The molecule has 1 atom stereocenters. The Hall–Kier alpha value is -2.47. The minimum Gasteiger partial charge on any atom is -0.545 e. The van der Waals surface area contributed by atoms with Gasteiger partial charge in [0, 0.05) is 10.4 Å². The molecule has 0 radical (unpaired) electrons. The number of halogens is 1. The molecule has 1 heterocycles. The first kappa shape index (κ1) is 23.2. The third kappa shape index (κ3) is 5.62. The number of carboxylic acids is 1. The molecule has 0 amide bonds. The van der Waals surface area contributed by atoms with E-state index in [9.17, 15) is 15.0 Å². The number of hydrogen-bond donors (Lipinski definition) is 1. The van der Waals surface area contributed by atoms with E-state index in [2.05, 4.69) is 4.98 Å². The molecule has 0 aliphatic heterocycles. The van der Waals surface area contributed by atoms with E-state index in [1.165, 1.54) is 12.1 Å². The second kappa shape index (κ2) is 10.2. The van der Waals surface area contributed by atoms with Gasteiger partial charge in [-0.3, -0.25) is 0 Å². The first-order valence-corrected chi connectivity index (χ1v) is 9.71. The van der Waals surface area contributed by atoms with Crippen molar-refractivity contribution in [1.82, 2.24) is 4.98 Å². The number of carbonyl (C=O) groups excluding carboxylic acids is 1. The number of nitrogens with zero attached hydrogens (tertiary/aromatic N) is 1. The van der Waals surface area contributed by atoms with Gasteiger partial charge in [-0.1, -0.05) is 66.2 Å². The largest absolute Gasteiger partial charge is 1.00 e. The average molecular weight is 438 g/mol. The van der Waals surface area contributed by atoms with Gasteiger partial charge in [0.15, 0.2) is 0 Å². The minimum atomic E-state index is -1.27. The van der Waals surface area contributed by atoms with Gasteiger partial charge in [0.05, 0.1) is 17.2 Å². The fourth-order valence-corrected chi connectivity index (χ4v) is 3.41. The molecule has 3 aromatic carbocycles. The first-order chi connectivity index (χ1) is 14.5. The number of benzene rings is 3. The van der Waals surface area contributed by atoms with E-state index in [4.69, 9.17) is 11.6 Å². The van der Waals surface area contributed by atoms with Crippen LogP contribution in [-0.2, 0) is 0 Å². The molecule has 4 aromatic rings. The third-order valence-corrected chi connectivity index (χ3v) is 5.02. The smallest absolute Gasteiger partial charge is 0.545 e. The number of hydrogen-bond acceptors (Lipinski definition) is 4. The van der Waals surface area contributed by atoms with Crippen molar-refractivity contribution >= 4 is 40.6 Å². The summed E-state index contributed by atoms with van der Waals surface area (Å²) >= 11 is 6.05. The molecule has 6 heteroatoms. The number of aliphatic hydroxyl groups is 1. The molecule has 4 nitrogen and oxygen atoms in total. The molecule has 0 saturated heterocycles. The summed E-state index contributed by atoms with van der Waals surface area (Å²) in [4.78, 5) is 15.7. The Kier molecular flexibility index (Phi) is 7.65. The Morgan fingerprint density at radius 1 is 0.935 bits per heavy atom. The maximum Gasteiger partial charge on any atom is 1.00 e.